The first kappa shape index (κ1) is 44.2. The van der Waals surface area contributed by atoms with Gasteiger partial charge >= 0.3 is 16.8 Å². The molecule has 0 saturated carbocycles. The van der Waals surface area contributed by atoms with Gasteiger partial charge in [0.2, 0.25) is 0 Å². The molecule has 0 unspecified atom stereocenters. The van der Waals surface area contributed by atoms with Crippen molar-refractivity contribution in [3.63, 3.8) is 0 Å². The van der Waals surface area contributed by atoms with E-state index in [1.807, 2.05) is 0 Å². The van der Waals surface area contributed by atoms with Crippen LogP contribution < -0.4 is 12.3 Å². The molecule has 19 heavy (non-hydrogen) atoms. The summed E-state index contributed by atoms with van der Waals surface area (Å²) in [5, 5.41) is 59.0. The van der Waals surface area contributed by atoms with Gasteiger partial charge in [-0.15, -0.1) is 0 Å². The SMILES string of the molecule is O=[N+]([O-])[O-].O=[N+]([O-])[O-].O=[N+]([O-])[O-].O=[N+]([O-])[O-].[Co+2].[NH4+].[NH4+]. The Balaban J connectivity index is -0.0000000192. The molecule has 0 aliphatic rings. The van der Waals surface area contributed by atoms with Crippen LogP contribution in [0.2, 0.25) is 0 Å². The van der Waals surface area contributed by atoms with Gasteiger partial charge in [-0.1, -0.05) is 0 Å². The van der Waals surface area contributed by atoms with Gasteiger partial charge in [0.1, 0.15) is 0 Å². The Morgan fingerprint density at radius 3 is 0.421 bits per heavy atom. The molecule has 8 N–H and O–H groups in total. The second-order valence-electron chi connectivity index (χ2n) is 0.894. The van der Waals surface area contributed by atoms with Crippen molar-refractivity contribution in [2.24, 2.45) is 0 Å². The molecule has 19 heteroatoms. The van der Waals surface area contributed by atoms with E-state index in [9.17, 15) is 0 Å². The fraction of sp³-hybridized carbons (Fsp3) is 0. The summed E-state index contributed by atoms with van der Waals surface area (Å²) in [6, 6.07) is 0. The number of hydrogen-bond acceptors (Lipinski definition) is 12. The van der Waals surface area contributed by atoms with Gasteiger partial charge in [0.25, 0.3) is 0 Å². The van der Waals surface area contributed by atoms with Crippen molar-refractivity contribution in [3.8, 4) is 0 Å². The third-order valence-electron chi connectivity index (χ3n) is 0. The molecule has 0 heterocycles. The minimum Gasteiger partial charge on any atom is -0.369 e. The van der Waals surface area contributed by atoms with Crippen molar-refractivity contribution in [2.75, 3.05) is 0 Å². The maximum Gasteiger partial charge on any atom is 2.00 e. The summed E-state index contributed by atoms with van der Waals surface area (Å²) in [6.45, 7) is 0. The summed E-state index contributed by atoms with van der Waals surface area (Å²) in [5.74, 6) is 0. The molecular weight excluding hydrogens is 335 g/mol. The number of nitrogens with zero attached hydrogens (tertiary/aromatic N) is 4. The van der Waals surface area contributed by atoms with Gasteiger partial charge in [0, 0.05) is 0 Å². The van der Waals surface area contributed by atoms with Gasteiger partial charge in [0.15, 0.2) is 0 Å². The van der Waals surface area contributed by atoms with Crippen molar-refractivity contribution in [2.45, 2.75) is 0 Å². The molecule has 0 atom stereocenters. The van der Waals surface area contributed by atoms with E-state index in [0.717, 1.165) is 0 Å². The number of rotatable bonds is 0. The topological polar surface area (TPSA) is 338 Å². The average Bonchev–Trinajstić information content (AvgIpc) is 1.76. The van der Waals surface area contributed by atoms with Crippen LogP contribution in [0.5, 0.6) is 0 Å². The Hall–Kier alpha value is -2.77. The van der Waals surface area contributed by atoms with Gasteiger partial charge in [0.05, 0.1) is 20.3 Å². The summed E-state index contributed by atoms with van der Waals surface area (Å²) in [6.07, 6.45) is 0. The fourth-order valence-corrected chi connectivity index (χ4v) is 0. The van der Waals surface area contributed by atoms with E-state index < -0.39 is 20.3 Å². The van der Waals surface area contributed by atoms with Crippen molar-refractivity contribution >= 4 is 0 Å². The zero-order valence-electron chi connectivity index (χ0n) is 9.02. The summed E-state index contributed by atoms with van der Waals surface area (Å²) in [7, 11) is 0. The molecular formula is H8CoN6O12. The average molecular weight is 343 g/mol. The minimum atomic E-state index is -1.75. The Morgan fingerprint density at radius 1 is 0.421 bits per heavy atom. The first-order valence-corrected chi connectivity index (χ1v) is 2.19. The summed E-state index contributed by atoms with van der Waals surface area (Å²) in [4.78, 5) is 33.0. The molecule has 0 rings (SSSR count). The van der Waals surface area contributed by atoms with Gasteiger partial charge in [-0.05, 0) is 0 Å². The van der Waals surface area contributed by atoms with Crippen molar-refractivity contribution < 1.29 is 37.1 Å². The van der Waals surface area contributed by atoms with Gasteiger partial charge in [-0.3, -0.25) is 0 Å². The zero-order valence-corrected chi connectivity index (χ0v) is 10.1. The minimum absolute atomic E-state index is 0. The Labute approximate surface area is 112 Å². The zero-order chi connectivity index (χ0) is 14.3. The summed E-state index contributed by atoms with van der Waals surface area (Å²) < 4.78 is 0. The van der Waals surface area contributed by atoms with Gasteiger partial charge in [-0.25, -0.2) is 0 Å². The van der Waals surface area contributed by atoms with E-state index in [1.54, 1.807) is 0 Å². The van der Waals surface area contributed by atoms with E-state index in [2.05, 4.69) is 0 Å². The molecule has 0 aromatic rings. The third-order valence-corrected chi connectivity index (χ3v) is 0. The van der Waals surface area contributed by atoms with Crippen molar-refractivity contribution in [1.82, 2.24) is 12.3 Å². The molecule has 0 bridgehead atoms. The van der Waals surface area contributed by atoms with E-state index in [1.165, 1.54) is 0 Å². The molecule has 0 amide bonds. The van der Waals surface area contributed by atoms with E-state index in [-0.39, 0.29) is 29.1 Å². The standard InChI is InChI=1S/Co.4NO3.2H3N/c;4*2-1(3)4;;/h;;;;;2*1H3/q+2;4*-1;;/p+2. The molecule has 119 valence electrons. The molecule has 18 nitrogen and oxygen atoms in total. The van der Waals surface area contributed by atoms with Gasteiger partial charge < -0.3 is 73.6 Å². The largest absolute Gasteiger partial charge is 2.00 e. The normalized spacial score (nSPS) is 5.05. The van der Waals surface area contributed by atoms with Crippen LogP contribution >= 0.6 is 0 Å². The molecule has 0 fully saturated rings. The van der Waals surface area contributed by atoms with E-state index in [4.69, 9.17) is 61.3 Å². The fourth-order valence-electron chi connectivity index (χ4n) is 0. The molecule has 0 aromatic carbocycles. The number of quaternary nitrogens is 2. The monoisotopic (exact) mass is 343 g/mol. The van der Waals surface area contributed by atoms with Gasteiger partial charge in [-0.2, -0.15) is 0 Å². The number of hydrogen-bond donors (Lipinski definition) is 2. The van der Waals surface area contributed by atoms with Crippen LogP contribution in [0.3, 0.4) is 0 Å². The molecule has 0 aliphatic carbocycles. The molecule has 1 radical (unpaired) electrons. The van der Waals surface area contributed by atoms with Crippen molar-refractivity contribution in [1.29, 1.82) is 0 Å². The molecule has 0 aromatic heterocycles. The van der Waals surface area contributed by atoms with E-state index >= 15 is 0 Å². The smallest absolute Gasteiger partial charge is 0.369 e. The second-order valence-corrected chi connectivity index (χ2v) is 0.894. The van der Waals surface area contributed by atoms with E-state index in [0.29, 0.717) is 0 Å². The molecule has 0 saturated heterocycles. The van der Waals surface area contributed by atoms with Crippen LogP contribution in [0.25, 0.3) is 0 Å². The first-order chi connectivity index (χ1) is 6.93. The Morgan fingerprint density at radius 2 is 0.421 bits per heavy atom. The Bertz CT molecular complexity index is 162. The van der Waals surface area contributed by atoms with Crippen LogP contribution in [0.4, 0.5) is 0 Å². The van der Waals surface area contributed by atoms with Crippen LogP contribution in [0, 0.1) is 61.3 Å². The molecule has 0 spiro atoms. The summed E-state index contributed by atoms with van der Waals surface area (Å²) >= 11 is 0. The predicted molar refractivity (Wildman–Crippen MR) is 53.4 cm³/mol. The summed E-state index contributed by atoms with van der Waals surface area (Å²) in [5.41, 5.74) is 0. The quantitative estimate of drug-likeness (QED) is 0.425. The van der Waals surface area contributed by atoms with Crippen LogP contribution in [-0.4, -0.2) is 20.3 Å². The first-order valence-electron chi connectivity index (χ1n) is 2.19. The van der Waals surface area contributed by atoms with Crippen LogP contribution in [0.15, 0.2) is 0 Å². The van der Waals surface area contributed by atoms with Crippen LogP contribution in [0.1, 0.15) is 0 Å². The molecule has 0 aliphatic heterocycles. The van der Waals surface area contributed by atoms with Crippen molar-refractivity contribution in [3.05, 3.63) is 61.3 Å². The predicted octanol–water partition coefficient (Wildman–Crippen LogP) is -0.207. The third kappa shape index (κ3) is 346. The Kier molecular flexibility index (Phi) is 84.2. The maximum absolute atomic E-state index is 8.25. The van der Waals surface area contributed by atoms with Crippen LogP contribution in [-0.2, 0) is 16.8 Å². The maximum atomic E-state index is 8.25. The second kappa shape index (κ2) is 36.2.